The molecule has 0 unspecified atom stereocenters. The van der Waals surface area contributed by atoms with Gasteiger partial charge < -0.3 is 4.79 Å². The largest absolute Gasteiger partial charge is 0.303 e. The van der Waals surface area contributed by atoms with Gasteiger partial charge in [0.15, 0.2) is 0 Å². The van der Waals surface area contributed by atoms with Crippen LogP contribution in [0.4, 0.5) is 0 Å². The molecule has 50 valence electrons. The van der Waals surface area contributed by atoms with E-state index in [-0.39, 0.29) is 5.41 Å². The topological polar surface area (TPSA) is 17.1 Å². The van der Waals surface area contributed by atoms with E-state index < -0.39 is 0 Å². The van der Waals surface area contributed by atoms with Crippen LogP contribution < -0.4 is 0 Å². The number of rotatable bonds is 2. The number of allylic oxidation sites excluding steroid dienone is 2. The lowest BCUT2D eigenvalue weighted by Gasteiger charge is -2.16. The summed E-state index contributed by atoms with van der Waals surface area (Å²) in [6, 6.07) is 0. The number of carbonyl (C=O) groups is 1. The molecule has 0 radical (unpaired) electrons. The molecule has 0 aromatic rings. The van der Waals surface area contributed by atoms with Gasteiger partial charge in [0.25, 0.3) is 0 Å². The first-order chi connectivity index (χ1) is 4.27. The van der Waals surface area contributed by atoms with Crippen molar-refractivity contribution < 1.29 is 4.79 Å². The van der Waals surface area contributed by atoms with Gasteiger partial charge in [0, 0.05) is 6.42 Å². The first-order valence-corrected chi connectivity index (χ1v) is 3.38. The van der Waals surface area contributed by atoms with E-state index in [4.69, 9.17) is 0 Å². The summed E-state index contributed by atoms with van der Waals surface area (Å²) in [5.41, 5.74) is 0.196. The Bertz CT molecular complexity index is 138. The highest BCUT2D eigenvalue weighted by molar-refractivity contribution is 5.51. The van der Waals surface area contributed by atoms with E-state index >= 15 is 0 Å². The molecular formula is C8H12O. The molecule has 0 fully saturated rings. The van der Waals surface area contributed by atoms with E-state index in [1.807, 2.05) is 0 Å². The summed E-state index contributed by atoms with van der Waals surface area (Å²) >= 11 is 0. The maximum absolute atomic E-state index is 10.1. The molecule has 0 saturated carbocycles. The van der Waals surface area contributed by atoms with Gasteiger partial charge in [-0.25, -0.2) is 0 Å². The van der Waals surface area contributed by atoms with E-state index in [1.54, 1.807) is 0 Å². The lowest BCUT2D eigenvalue weighted by atomic mass is 9.87. The maximum Gasteiger partial charge on any atom is 0.120 e. The molecule has 1 rings (SSSR count). The molecule has 0 aliphatic heterocycles. The number of hydrogen-bond acceptors (Lipinski definition) is 1. The van der Waals surface area contributed by atoms with Gasteiger partial charge in [-0.3, -0.25) is 0 Å². The summed E-state index contributed by atoms with van der Waals surface area (Å²) in [7, 11) is 0. The van der Waals surface area contributed by atoms with E-state index in [0.29, 0.717) is 6.42 Å². The van der Waals surface area contributed by atoms with Crippen LogP contribution in [-0.2, 0) is 4.79 Å². The van der Waals surface area contributed by atoms with Crippen molar-refractivity contribution in [1.82, 2.24) is 0 Å². The predicted molar refractivity (Wildman–Crippen MR) is 37.2 cm³/mol. The van der Waals surface area contributed by atoms with Gasteiger partial charge in [0.1, 0.15) is 6.29 Å². The van der Waals surface area contributed by atoms with Gasteiger partial charge >= 0.3 is 0 Å². The fraction of sp³-hybridized carbons (Fsp3) is 0.625. The van der Waals surface area contributed by atoms with Crippen molar-refractivity contribution in [2.45, 2.75) is 26.2 Å². The molecule has 0 saturated heterocycles. The fourth-order valence-electron chi connectivity index (χ4n) is 1.22. The van der Waals surface area contributed by atoms with Crippen molar-refractivity contribution in [2.24, 2.45) is 5.41 Å². The third kappa shape index (κ3) is 1.41. The smallest absolute Gasteiger partial charge is 0.120 e. The SMILES string of the molecule is C[C@]1(CC=O)C=CCC1. The van der Waals surface area contributed by atoms with Crippen LogP contribution in [0.1, 0.15) is 26.2 Å². The first kappa shape index (κ1) is 6.53. The monoisotopic (exact) mass is 124 g/mol. The second-order valence-electron chi connectivity index (χ2n) is 2.97. The lowest BCUT2D eigenvalue weighted by molar-refractivity contribution is -0.109. The molecule has 0 spiro atoms. The molecule has 0 bridgehead atoms. The minimum atomic E-state index is 0.196. The van der Waals surface area contributed by atoms with Crippen LogP contribution in [-0.4, -0.2) is 6.29 Å². The summed E-state index contributed by atoms with van der Waals surface area (Å²) in [6.45, 7) is 2.13. The van der Waals surface area contributed by atoms with Gasteiger partial charge in [-0.05, 0) is 18.3 Å². The highest BCUT2D eigenvalue weighted by atomic mass is 16.1. The zero-order chi connectivity index (χ0) is 6.74. The Hall–Kier alpha value is -0.590. The van der Waals surface area contributed by atoms with Crippen LogP contribution in [0.3, 0.4) is 0 Å². The van der Waals surface area contributed by atoms with Crippen LogP contribution in [0, 0.1) is 5.41 Å². The normalized spacial score (nSPS) is 33.0. The Morgan fingerprint density at radius 2 is 2.56 bits per heavy atom. The Balaban J connectivity index is 2.51. The number of aldehydes is 1. The quantitative estimate of drug-likeness (QED) is 0.406. The highest BCUT2D eigenvalue weighted by Gasteiger charge is 2.22. The molecule has 1 aliphatic rings. The second-order valence-corrected chi connectivity index (χ2v) is 2.97. The van der Waals surface area contributed by atoms with Gasteiger partial charge in [-0.15, -0.1) is 0 Å². The molecular weight excluding hydrogens is 112 g/mol. The van der Waals surface area contributed by atoms with Gasteiger partial charge in [0.05, 0.1) is 0 Å². The van der Waals surface area contributed by atoms with Crippen molar-refractivity contribution in [3.05, 3.63) is 12.2 Å². The minimum Gasteiger partial charge on any atom is -0.303 e. The summed E-state index contributed by atoms with van der Waals surface area (Å²) in [5, 5.41) is 0. The van der Waals surface area contributed by atoms with Crippen LogP contribution in [0.15, 0.2) is 12.2 Å². The van der Waals surface area contributed by atoms with Crippen molar-refractivity contribution in [2.75, 3.05) is 0 Å². The number of hydrogen-bond donors (Lipinski definition) is 0. The molecule has 1 aliphatic carbocycles. The maximum atomic E-state index is 10.1. The third-order valence-corrected chi connectivity index (χ3v) is 1.95. The van der Waals surface area contributed by atoms with Crippen molar-refractivity contribution in [3.8, 4) is 0 Å². The molecule has 0 heterocycles. The molecule has 1 nitrogen and oxygen atoms in total. The van der Waals surface area contributed by atoms with Gasteiger partial charge in [-0.2, -0.15) is 0 Å². The predicted octanol–water partition coefficient (Wildman–Crippen LogP) is 1.93. The average molecular weight is 124 g/mol. The number of carbonyl (C=O) groups excluding carboxylic acids is 1. The molecule has 9 heavy (non-hydrogen) atoms. The van der Waals surface area contributed by atoms with Crippen LogP contribution in [0.2, 0.25) is 0 Å². The van der Waals surface area contributed by atoms with Crippen molar-refractivity contribution in [1.29, 1.82) is 0 Å². The van der Waals surface area contributed by atoms with Gasteiger partial charge in [0.2, 0.25) is 0 Å². The van der Waals surface area contributed by atoms with Crippen molar-refractivity contribution in [3.63, 3.8) is 0 Å². The first-order valence-electron chi connectivity index (χ1n) is 3.38. The second kappa shape index (κ2) is 2.34. The lowest BCUT2D eigenvalue weighted by Crippen LogP contribution is -2.09. The Labute approximate surface area is 55.8 Å². The summed E-state index contributed by atoms with van der Waals surface area (Å²) < 4.78 is 0. The molecule has 0 aromatic carbocycles. The van der Waals surface area contributed by atoms with Crippen molar-refractivity contribution >= 4 is 6.29 Å². The molecule has 0 N–H and O–H groups in total. The molecule has 1 atom stereocenters. The van der Waals surface area contributed by atoms with E-state index in [0.717, 1.165) is 19.1 Å². The standard InChI is InChI=1S/C8H12O/c1-8(6-7-9)4-2-3-5-8/h2,4,7H,3,5-6H2,1H3/t8-/m0/s1. The van der Waals surface area contributed by atoms with E-state index in [9.17, 15) is 4.79 Å². The Morgan fingerprint density at radius 1 is 1.78 bits per heavy atom. The summed E-state index contributed by atoms with van der Waals surface area (Å²) in [4.78, 5) is 10.1. The van der Waals surface area contributed by atoms with Crippen LogP contribution in [0.5, 0.6) is 0 Å². The van der Waals surface area contributed by atoms with Crippen LogP contribution in [0.25, 0.3) is 0 Å². The van der Waals surface area contributed by atoms with Crippen LogP contribution >= 0.6 is 0 Å². The summed E-state index contributed by atoms with van der Waals surface area (Å²) in [6.07, 6.45) is 8.29. The zero-order valence-corrected chi connectivity index (χ0v) is 5.76. The zero-order valence-electron chi connectivity index (χ0n) is 5.76. The minimum absolute atomic E-state index is 0.196. The fourth-order valence-corrected chi connectivity index (χ4v) is 1.22. The molecule has 0 aromatic heterocycles. The van der Waals surface area contributed by atoms with E-state index in [2.05, 4.69) is 19.1 Å². The highest BCUT2D eigenvalue weighted by Crippen LogP contribution is 2.33. The average Bonchev–Trinajstić information content (AvgIpc) is 2.16. The van der Waals surface area contributed by atoms with Gasteiger partial charge in [-0.1, -0.05) is 19.1 Å². The summed E-state index contributed by atoms with van der Waals surface area (Å²) in [5.74, 6) is 0. The Kier molecular flexibility index (Phi) is 1.70. The van der Waals surface area contributed by atoms with E-state index in [1.165, 1.54) is 0 Å². The molecule has 0 amide bonds. The molecule has 1 heteroatoms. The Morgan fingerprint density at radius 3 is 3.00 bits per heavy atom. The third-order valence-electron chi connectivity index (χ3n) is 1.95.